The lowest BCUT2D eigenvalue weighted by Gasteiger charge is -2.29. The molecule has 1 aromatic carbocycles. The number of nitriles is 1. The molecule has 1 heterocycles. The monoisotopic (exact) mass is 318 g/mol. The number of anilines is 1. The van der Waals surface area contributed by atoms with Crippen molar-refractivity contribution in [3.05, 3.63) is 28.8 Å². The average molecular weight is 319 g/mol. The lowest BCUT2D eigenvalue weighted by atomic mass is 9.94. The van der Waals surface area contributed by atoms with Gasteiger partial charge in [0.25, 0.3) is 0 Å². The molecule has 3 nitrogen and oxygen atoms in total. The van der Waals surface area contributed by atoms with Crippen LogP contribution in [0, 0.1) is 11.3 Å². The van der Waals surface area contributed by atoms with Gasteiger partial charge in [-0.1, -0.05) is 11.6 Å². The molecule has 1 unspecified atom stereocenters. The van der Waals surface area contributed by atoms with Gasteiger partial charge in [-0.2, -0.15) is 18.4 Å². The van der Waals surface area contributed by atoms with E-state index in [2.05, 4.69) is 0 Å². The van der Waals surface area contributed by atoms with Crippen molar-refractivity contribution in [3.8, 4) is 6.07 Å². The summed E-state index contributed by atoms with van der Waals surface area (Å²) in [5.74, 6) is 0. The number of rotatable bonds is 1. The minimum Gasteiger partial charge on any atom is -0.380 e. The molecule has 1 atom stereocenters. The van der Waals surface area contributed by atoms with Crippen molar-refractivity contribution in [1.82, 2.24) is 0 Å². The van der Waals surface area contributed by atoms with Crippen LogP contribution in [0.4, 0.5) is 18.9 Å². The van der Waals surface area contributed by atoms with E-state index in [1.165, 1.54) is 0 Å². The van der Waals surface area contributed by atoms with Gasteiger partial charge in [0.05, 0.1) is 10.6 Å². The third-order valence-corrected chi connectivity index (χ3v) is 4.09. The van der Waals surface area contributed by atoms with Crippen molar-refractivity contribution in [1.29, 1.82) is 5.26 Å². The average Bonchev–Trinajstić information content (AvgIpc) is 2.61. The topological polar surface area (TPSA) is 47.3 Å². The number of alkyl halides is 3. The zero-order valence-corrected chi connectivity index (χ0v) is 11.9. The van der Waals surface area contributed by atoms with Crippen LogP contribution in [0.2, 0.25) is 5.02 Å². The normalized spacial score (nSPS) is 23.5. The number of hydrogen-bond donors (Lipinski definition) is 1. The molecule has 1 N–H and O–H groups in total. The molecule has 1 fully saturated rings. The molecule has 1 aliphatic heterocycles. The Labute approximate surface area is 125 Å². The van der Waals surface area contributed by atoms with Crippen LogP contribution >= 0.6 is 11.6 Å². The van der Waals surface area contributed by atoms with E-state index in [4.69, 9.17) is 16.9 Å². The number of aliphatic hydroxyl groups is 1. The molecular formula is C14H14ClF3N2O. The van der Waals surface area contributed by atoms with Crippen molar-refractivity contribution in [2.75, 3.05) is 18.0 Å². The second kappa shape index (κ2) is 5.74. The van der Waals surface area contributed by atoms with Gasteiger partial charge in [0.15, 0.2) is 5.60 Å². The van der Waals surface area contributed by atoms with Crippen LogP contribution in [0.15, 0.2) is 18.2 Å². The molecule has 1 saturated heterocycles. The Morgan fingerprint density at radius 3 is 2.57 bits per heavy atom. The van der Waals surface area contributed by atoms with Crippen LogP contribution in [0.25, 0.3) is 0 Å². The van der Waals surface area contributed by atoms with Gasteiger partial charge in [0, 0.05) is 25.2 Å². The highest BCUT2D eigenvalue weighted by Crippen LogP contribution is 2.39. The minimum absolute atomic E-state index is 0.0816. The second-order valence-electron chi connectivity index (χ2n) is 5.15. The summed E-state index contributed by atoms with van der Waals surface area (Å²) in [4.78, 5) is 1.75. The van der Waals surface area contributed by atoms with E-state index >= 15 is 0 Å². The van der Waals surface area contributed by atoms with E-state index in [0.29, 0.717) is 17.8 Å². The van der Waals surface area contributed by atoms with E-state index in [1.54, 1.807) is 23.1 Å². The largest absolute Gasteiger partial charge is 0.417 e. The Bertz CT molecular complexity index is 570. The van der Waals surface area contributed by atoms with Crippen molar-refractivity contribution in [3.63, 3.8) is 0 Å². The molecule has 1 aromatic rings. The first kappa shape index (κ1) is 15.9. The standard InChI is InChI=1S/C14H14ClF3N2O/c15-12-8-11(3-2-10(12)9-19)20-6-1-4-13(21,5-7-20)14(16,17)18/h2-3,8,21H,1,4-7H2. The Kier molecular flexibility index (Phi) is 4.35. The van der Waals surface area contributed by atoms with Crippen molar-refractivity contribution < 1.29 is 18.3 Å². The first-order valence-electron chi connectivity index (χ1n) is 6.50. The number of hydrogen-bond acceptors (Lipinski definition) is 3. The molecule has 0 saturated carbocycles. The summed E-state index contributed by atoms with van der Waals surface area (Å²) in [5.41, 5.74) is -1.65. The predicted molar refractivity (Wildman–Crippen MR) is 73.2 cm³/mol. The van der Waals surface area contributed by atoms with E-state index < -0.39 is 11.8 Å². The fourth-order valence-corrected chi connectivity index (χ4v) is 2.67. The maximum Gasteiger partial charge on any atom is 0.417 e. The summed E-state index contributed by atoms with van der Waals surface area (Å²) >= 11 is 5.94. The molecule has 0 amide bonds. The zero-order valence-electron chi connectivity index (χ0n) is 11.1. The van der Waals surface area contributed by atoms with Gasteiger partial charge in [-0.15, -0.1) is 0 Å². The van der Waals surface area contributed by atoms with Gasteiger partial charge in [0.1, 0.15) is 6.07 Å². The van der Waals surface area contributed by atoms with Crippen LogP contribution in [0.5, 0.6) is 0 Å². The van der Waals surface area contributed by atoms with Crippen molar-refractivity contribution >= 4 is 17.3 Å². The predicted octanol–water partition coefficient (Wildman–Crippen LogP) is 3.50. The highest BCUT2D eigenvalue weighted by Gasteiger charge is 2.53. The maximum atomic E-state index is 12.9. The molecule has 0 radical (unpaired) electrons. The van der Waals surface area contributed by atoms with Crippen LogP contribution in [0.3, 0.4) is 0 Å². The highest BCUT2D eigenvalue weighted by atomic mass is 35.5. The molecule has 1 aliphatic rings. The van der Waals surface area contributed by atoms with Gasteiger partial charge >= 0.3 is 6.18 Å². The molecule has 21 heavy (non-hydrogen) atoms. The zero-order chi connectivity index (χ0) is 15.7. The summed E-state index contributed by atoms with van der Waals surface area (Å²) in [7, 11) is 0. The van der Waals surface area contributed by atoms with Crippen LogP contribution in [0.1, 0.15) is 24.8 Å². The summed E-state index contributed by atoms with van der Waals surface area (Å²) in [6.45, 7) is 0.485. The number of halogens is 4. The van der Waals surface area contributed by atoms with E-state index in [9.17, 15) is 18.3 Å². The molecule has 7 heteroatoms. The smallest absolute Gasteiger partial charge is 0.380 e. The van der Waals surface area contributed by atoms with Gasteiger partial charge in [-0.25, -0.2) is 0 Å². The molecule has 0 bridgehead atoms. The number of nitrogens with zero attached hydrogens (tertiary/aromatic N) is 2. The Morgan fingerprint density at radius 1 is 1.29 bits per heavy atom. The Hall–Kier alpha value is -1.45. The summed E-state index contributed by atoms with van der Waals surface area (Å²) in [6, 6.07) is 6.69. The molecule has 0 aliphatic carbocycles. The van der Waals surface area contributed by atoms with Gasteiger partial charge < -0.3 is 10.0 Å². The molecule has 0 spiro atoms. The number of benzene rings is 1. The summed E-state index contributed by atoms with van der Waals surface area (Å²) < 4.78 is 38.6. The van der Waals surface area contributed by atoms with E-state index in [1.807, 2.05) is 6.07 Å². The first-order valence-corrected chi connectivity index (χ1v) is 6.88. The summed E-state index contributed by atoms with van der Waals surface area (Å²) in [5, 5.41) is 18.9. The first-order chi connectivity index (χ1) is 9.77. The quantitative estimate of drug-likeness (QED) is 0.862. The highest BCUT2D eigenvalue weighted by molar-refractivity contribution is 6.32. The fourth-order valence-electron chi connectivity index (χ4n) is 2.45. The molecular weight excluding hydrogens is 305 g/mol. The Balaban J connectivity index is 2.17. The van der Waals surface area contributed by atoms with Crippen LogP contribution in [-0.2, 0) is 0 Å². The lowest BCUT2D eigenvalue weighted by Crippen LogP contribution is -2.45. The van der Waals surface area contributed by atoms with Crippen molar-refractivity contribution in [2.24, 2.45) is 0 Å². The van der Waals surface area contributed by atoms with E-state index in [-0.39, 0.29) is 30.8 Å². The minimum atomic E-state index is -4.62. The van der Waals surface area contributed by atoms with Crippen molar-refractivity contribution in [2.45, 2.75) is 31.0 Å². The van der Waals surface area contributed by atoms with E-state index in [0.717, 1.165) is 0 Å². The third-order valence-electron chi connectivity index (χ3n) is 3.78. The second-order valence-corrected chi connectivity index (χ2v) is 5.55. The Morgan fingerprint density at radius 2 is 2.00 bits per heavy atom. The maximum absolute atomic E-state index is 12.9. The van der Waals surface area contributed by atoms with Crippen LogP contribution < -0.4 is 4.90 Å². The van der Waals surface area contributed by atoms with Gasteiger partial charge in [-0.3, -0.25) is 0 Å². The molecule has 0 aromatic heterocycles. The van der Waals surface area contributed by atoms with Crippen LogP contribution in [-0.4, -0.2) is 30.0 Å². The third kappa shape index (κ3) is 3.25. The fraction of sp³-hybridized carbons (Fsp3) is 0.500. The summed E-state index contributed by atoms with van der Waals surface area (Å²) in [6.07, 6.45) is -5.08. The molecule has 2 rings (SSSR count). The van der Waals surface area contributed by atoms with Gasteiger partial charge in [-0.05, 0) is 31.0 Å². The molecule has 114 valence electrons. The lowest BCUT2D eigenvalue weighted by molar-refractivity contribution is -0.263. The van der Waals surface area contributed by atoms with Gasteiger partial charge in [0.2, 0.25) is 0 Å². The SMILES string of the molecule is N#Cc1ccc(N2CCCC(O)(C(F)(F)F)CC2)cc1Cl.